The zero-order valence-electron chi connectivity index (χ0n) is 15.5. The van der Waals surface area contributed by atoms with Crippen molar-refractivity contribution in [1.82, 2.24) is 4.90 Å². The van der Waals surface area contributed by atoms with Crippen LogP contribution in [0.2, 0.25) is 10.0 Å². The summed E-state index contributed by atoms with van der Waals surface area (Å²) in [6.45, 7) is 6.20. The predicted octanol–water partition coefficient (Wildman–Crippen LogP) is 6.60. The second-order valence-electron chi connectivity index (χ2n) is 7.70. The lowest BCUT2D eigenvalue weighted by molar-refractivity contribution is -0.136. The first-order valence-electron chi connectivity index (χ1n) is 9.50. The minimum Gasteiger partial charge on any atom is -0.342 e. The van der Waals surface area contributed by atoms with Gasteiger partial charge in [0.15, 0.2) is 0 Å². The predicted molar refractivity (Wildman–Crippen MR) is 113 cm³/mol. The second kappa shape index (κ2) is 7.69. The van der Waals surface area contributed by atoms with E-state index in [9.17, 15) is 4.79 Å². The Hall–Kier alpha value is -1.16. The molecule has 142 valence electrons. The van der Waals surface area contributed by atoms with E-state index >= 15 is 0 Å². The molecule has 27 heavy (non-hydrogen) atoms. The number of benzene rings is 2. The van der Waals surface area contributed by atoms with Crippen molar-refractivity contribution in [2.45, 2.75) is 48.3 Å². The molecule has 2 aliphatic rings. The number of carbonyl (C=O) groups excluding carboxylic acids is 1. The maximum Gasteiger partial charge on any atom is 0.226 e. The first-order chi connectivity index (χ1) is 13.0. The summed E-state index contributed by atoms with van der Waals surface area (Å²) >= 11 is 14.9. The Morgan fingerprint density at radius 3 is 2.48 bits per heavy atom. The van der Waals surface area contributed by atoms with Crippen LogP contribution < -0.4 is 0 Å². The van der Waals surface area contributed by atoms with Gasteiger partial charge < -0.3 is 4.90 Å². The zero-order chi connectivity index (χ0) is 19.1. The van der Waals surface area contributed by atoms with Crippen molar-refractivity contribution < 1.29 is 4.79 Å². The summed E-state index contributed by atoms with van der Waals surface area (Å²) in [7, 11) is 0. The Labute approximate surface area is 175 Å². The van der Waals surface area contributed by atoms with Crippen molar-refractivity contribution in [3.05, 3.63) is 57.6 Å². The summed E-state index contributed by atoms with van der Waals surface area (Å²) in [5.74, 6) is 1.02. The minimum atomic E-state index is 0.0824. The van der Waals surface area contributed by atoms with Crippen LogP contribution in [0.5, 0.6) is 0 Å². The SMILES string of the molecule is CC(C)c1ccccc1Sc1ccc([C@@H]2C[C@H]2C(=O)N2CCC2)c(Cl)c1Cl. The van der Waals surface area contributed by atoms with Gasteiger partial charge in [-0.05, 0) is 47.9 Å². The third-order valence-corrected chi connectivity index (χ3v) is 7.67. The molecule has 0 radical (unpaired) electrons. The standard InChI is InChI=1S/C22H23Cl2NOS/c1-13(2)14-6-3-4-7-18(14)27-19-9-8-15(20(23)21(19)24)16-12-17(16)22(26)25-10-5-11-25/h3-4,6-9,13,16-17H,5,10-12H2,1-2H3/t16-,17+/m0/s1. The number of likely N-dealkylation sites (tertiary alicyclic amines) is 1. The van der Waals surface area contributed by atoms with E-state index in [0.29, 0.717) is 16.0 Å². The van der Waals surface area contributed by atoms with Gasteiger partial charge in [0, 0.05) is 28.8 Å². The van der Waals surface area contributed by atoms with Gasteiger partial charge in [-0.2, -0.15) is 0 Å². The van der Waals surface area contributed by atoms with Crippen molar-refractivity contribution in [2.75, 3.05) is 13.1 Å². The highest BCUT2D eigenvalue weighted by Gasteiger charge is 2.47. The number of rotatable bonds is 5. The Kier molecular flexibility index (Phi) is 5.46. The molecule has 2 atom stereocenters. The third-order valence-electron chi connectivity index (χ3n) is 5.51. The highest BCUT2D eigenvalue weighted by atomic mass is 35.5. The lowest BCUT2D eigenvalue weighted by Crippen LogP contribution is -2.43. The number of nitrogens with zero attached hydrogens (tertiary/aromatic N) is 1. The molecule has 2 aromatic carbocycles. The molecular formula is C22H23Cl2NOS. The summed E-state index contributed by atoms with van der Waals surface area (Å²) in [5.41, 5.74) is 2.32. The fourth-order valence-corrected chi connectivity index (χ4v) is 5.45. The van der Waals surface area contributed by atoms with Crippen molar-refractivity contribution in [3.8, 4) is 0 Å². The number of halogens is 2. The molecule has 1 amide bonds. The van der Waals surface area contributed by atoms with E-state index < -0.39 is 0 Å². The normalized spacial score (nSPS) is 21.3. The van der Waals surface area contributed by atoms with E-state index in [0.717, 1.165) is 36.4 Å². The first kappa shape index (κ1) is 19.2. The molecule has 1 heterocycles. The Morgan fingerprint density at radius 2 is 1.81 bits per heavy atom. The lowest BCUT2D eigenvalue weighted by Gasteiger charge is -2.31. The van der Waals surface area contributed by atoms with Crippen LogP contribution in [0.4, 0.5) is 0 Å². The minimum absolute atomic E-state index is 0.0824. The Balaban J connectivity index is 1.54. The van der Waals surface area contributed by atoms with Crippen molar-refractivity contribution >= 4 is 40.9 Å². The van der Waals surface area contributed by atoms with Crippen molar-refractivity contribution in [3.63, 3.8) is 0 Å². The fraction of sp³-hybridized carbons (Fsp3) is 0.409. The second-order valence-corrected chi connectivity index (χ2v) is 9.54. The molecule has 1 saturated heterocycles. The van der Waals surface area contributed by atoms with Gasteiger partial charge in [0.05, 0.1) is 10.0 Å². The molecule has 0 aromatic heterocycles. The molecular weight excluding hydrogens is 397 g/mol. The number of hydrogen-bond donors (Lipinski definition) is 0. The molecule has 0 N–H and O–H groups in total. The maximum absolute atomic E-state index is 12.4. The first-order valence-corrected chi connectivity index (χ1v) is 11.1. The van der Waals surface area contributed by atoms with Crippen LogP contribution in [0.3, 0.4) is 0 Å². The smallest absolute Gasteiger partial charge is 0.226 e. The monoisotopic (exact) mass is 419 g/mol. The van der Waals surface area contributed by atoms with E-state index in [1.807, 2.05) is 11.0 Å². The lowest BCUT2D eigenvalue weighted by atomic mass is 10.0. The number of carbonyl (C=O) groups is 1. The van der Waals surface area contributed by atoms with Crippen LogP contribution >= 0.6 is 35.0 Å². The van der Waals surface area contributed by atoms with E-state index in [1.165, 1.54) is 10.5 Å². The van der Waals surface area contributed by atoms with Gasteiger partial charge in [-0.1, -0.05) is 73.1 Å². The van der Waals surface area contributed by atoms with E-state index in [-0.39, 0.29) is 17.7 Å². The largest absolute Gasteiger partial charge is 0.342 e. The summed E-state index contributed by atoms with van der Waals surface area (Å²) in [6.07, 6.45) is 2.01. The van der Waals surface area contributed by atoms with Gasteiger partial charge in [-0.15, -0.1) is 0 Å². The fourth-order valence-electron chi connectivity index (χ4n) is 3.66. The quantitative estimate of drug-likeness (QED) is 0.543. The number of hydrogen-bond acceptors (Lipinski definition) is 2. The molecule has 2 nitrogen and oxygen atoms in total. The highest BCUT2D eigenvalue weighted by Crippen LogP contribution is 2.53. The highest BCUT2D eigenvalue weighted by molar-refractivity contribution is 7.99. The maximum atomic E-state index is 12.4. The van der Waals surface area contributed by atoms with Gasteiger partial charge in [0.2, 0.25) is 5.91 Å². The van der Waals surface area contributed by atoms with Crippen LogP contribution in [-0.4, -0.2) is 23.9 Å². The van der Waals surface area contributed by atoms with E-state index in [4.69, 9.17) is 23.2 Å². The molecule has 5 heteroatoms. The molecule has 2 fully saturated rings. The van der Waals surface area contributed by atoms with Gasteiger partial charge in [-0.3, -0.25) is 4.79 Å². The summed E-state index contributed by atoms with van der Waals surface area (Å²) < 4.78 is 0. The molecule has 1 saturated carbocycles. The van der Waals surface area contributed by atoms with E-state index in [1.54, 1.807) is 11.8 Å². The molecule has 0 bridgehead atoms. The summed E-state index contributed by atoms with van der Waals surface area (Å²) in [4.78, 5) is 16.5. The Bertz CT molecular complexity index is 879. The molecule has 1 aliphatic carbocycles. The van der Waals surface area contributed by atoms with Crippen LogP contribution in [0.15, 0.2) is 46.2 Å². The average molecular weight is 420 g/mol. The Morgan fingerprint density at radius 1 is 1.07 bits per heavy atom. The topological polar surface area (TPSA) is 20.3 Å². The van der Waals surface area contributed by atoms with E-state index in [2.05, 4.69) is 44.2 Å². The molecule has 4 rings (SSSR count). The summed E-state index contributed by atoms with van der Waals surface area (Å²) in [6, 6.07) is 12.5. The van der Waals surface area contributed by atoms with Gasteiger partial charge in [0.25, 0.3) is 0 Å². The van der Waals surface area contributed by atoms with Crippen LogP contribution in [0.25, 0.3) is 0 Å². The van der Waals surface area contributed by atoms with Gasteiger partial charge in [-0.25, -0.2) is 0 Å². The molecule has 0 unspecified atom stereocenters. The molecule has 0 spiro atoms. The molecule has 2 aromatic rings. The van der Waals surface area contributed by atoms with Gasteiger partial charge >= 0.3 is 0 Å². The van der Waals surface area contributed by atoms with Crippen molar-refractivity contribution in [2.24, 2.45) is 5.92 Å². The van der Waals surface area contributed by atoms with Crippen LogP contribution in [0, 0.1) is 5.92 Å². The third kappa shape index (κ3) is 3.74. The molecule has 1 aliphatic heterocycles. The van der Waals surface area contributed by atoms with Crippen LogP contribution in [-0.2, 0) is 4.79 Å². The number of amides is 1. The van der Waals surface area contributed by atoms with Crippen molar-refractivity contribution in [1.29, 1.82) is 0 Å². The zero-order valence-corrected chi connectivity index (χ0v) is 17.9. The summed E-state index contributed by atoms with van der Waals surface area (Å²) in [5, 5.41) is 1.20. The van der Waals surface area contributed by atoms with Gasteiger partial charge in [0.1, 0.15) is 0 Å². The van der Waals surface area contributed by atoms with Crippen LogP contribution in [0.1, 0.15) is 49.7 Å². The average Bonchev–Trinajstić information content (AvgIpc) is 3.38.